The zero-order valence-corrected chi connectivity index (χ0v) is 16.7. The zero-order chi connectivity index (χ0) is 21.8. The molecule has 1 fully saturated rings. The topological polar surface area (TPSA) is 62.6 Å². The number of benzene rings is 2. The van der Waals surface area contributed by atoms with E-state index in [0.717, 1.165) is 17.3 Å². The lowest BCUT2D eigenvalue weighted by Crippen LogP contribution is -2.25. The van der Waals surface area contributed by atoms with Crippen LogP contribution >= 0.6 is 11.6 Å². The largest absolute Gasteiger partial charge is 0.417 e. The Morgan fingerprint density at radius 1 is 1.23 bits per heavy atom. The Labute approximate surface area is 180 Å². The van der Waals surface area contributed by atoms with Crippen molar-refractivity contribution in [1.29, 1.82) is 0 Å². The molecule has 0 bridgehead atoms. The minimum Gasteiger partial charge on any atom is -0.355 e. The maximum Gasteiger partial charge on any atom is 0.417 e. The van der Waals surface area contributed by atoms with Crippen molar-refractivity contribution in [1.82, 2.24) is 25.0 Å². The van der Waals surface area contributed by atoms with Crippen LogP contribution in [0.1, 0.15) is 23.9 Å². The fourth-order valence-electron chi connectivity index (χ4n) is 3.87. The summed E-state index contributed by atoms with van der Waals surface area (Å²) in [5, 5.41) is 8.01. The van der Waals surface area contributed by atoms with Crippen molar-refractivity contribution in [3.05, 3.63) is 77.4 Å². The number of aromatic amines is 1. The lowest BCUT2D eigenvalue weighted by molar-refractivity contribution is -0.137. The van der Waals surface area contributed by atoms with Crippen LogP contribution in [0.2, 0.25) is 5.02 Å². The summed E-state index contributed by atoms with van der Waals surface area (Å²) in [5.41, 5.74) is 2.20. The Balaban J connectivity index is 1.59. The minimum atomic E-state index is -4.55. The van der Waals surface area contributed by atoms with Gasteiger partial charge in [0.25, 0.3) is 0 Å². The molecule has 1 atom stereocenters. The van der Waals surface area contributed by atoms with Crippen LogP contribution in [0, 0.1) is 6.07 Å². The molecule has 0 amide bonds. The van der Waals surface area contributed by atoms with Gasteiger partial charge in [-0.15, -0.1) is 4.80 Å². The molecule has 4 aromatic rings. The van der Waals surface area contributed by atoms with Gasteiger partial charge in [0.1, 0.15) is 11.5 Å². The van der Waals surface area contributed by atoms with Crippen LogP contribution in [0.25, 0.3) is 16.7 Å². The molecule has 1 saturated heterocycles. The van der Waals surface area contributed by atoms with E-state index >= 15 is 0 Å². The molecule has 31 heavy (non-hydrogen) atoms. The molecule has 3 heterocycles. The highest BCUT2D eigenvalue weighted by Gasteiger charge is 2.35. The molecular weight excluding hydrogens is 429 g/mol. The fourth-order valence-corrected chi connectivity index (χ4v) is 4.13. The predicted molar refractivity (Wildman–Crippen MR) is 110 cm³/mol. The van der Waals surface area contributed by atoms with Gasteiger partial charge in [-0.3, -0.25) is 0 Å². The van der Waals surface area contributed by atoms with E-state index in [4.69, 9.17) is 11.6 Å². The molecular formula is C21H15ClF3N6. The number of aromatic nitrogens is 5. The molecule has 0 spiro atoms. The fraction of sp³-hybridized carbons (Fsp3) is 0.190. The first-order chi connectivity index (χ1) is 14.8. The van der Waals surface area contributed by atoms with Crippen molar-refractivity contribution < 1.29 is 13.2 Å². The van der Waals surface area contributed by atoms with Gasteiger partial charge in [0.2, 0.25) is 0 Å². The van der Waals surface area contributed by atoms with Crippen LogP contribution in [0.15, 0.2) is 54.9 Å². The normalized spacial score (nSPS) is 17.1. The van der Waals surface area contributed by atoms with Crippen molar-refractivity contribution in [2.45, 2.75) is 18.6 Å². The van der Waals surface area contributed by atoms with E-state index in [1.54, 1.807) is 18.5 Å². The number of para-hydroxylation sites is 1. The number of halogens is 4. The SMILES string of the molecule is C=C1C[C@@H](c2nc3cc(Cl)c(C(F)(F)F)cc3[nH]2)N(c2ccc[c]c2-n2nccn2)C1. The van der Waals surface area contributed by atoms with E-state index in [1.807, 2.05) is 12.1 Å². The third-order valence-corrected chi connectivity index (χ3v) is 5.52. The first-order valence-corrected chi connectivity index (χ1v) is 9.76. The maximum atomic E-state index is 13.2. The molecule has 1 N–H and O–H groups in total. The number of alkyl halides is 3. The van der Waals surface area contributed by atoms with E-state index in [9.17, 15) is 13.2 Å². The summed E-state index contributed by atoms with van der Waals surface area (Å²) in [7, 11) is 0. The second-order valence-corrected chi connectivity index (χ2v) is 7.70. The van der Waals surface area contributed by atoms with Crippen molar-refractivity contribution >= 4 is 28.3 Å². The Kier molecular flexibility index (Phi) is 4.51. The lowest BCUT2D eigenvalue weighted by Gasteiger charge is -2.26. The molecule has 10 heteroatoms. The van der Waals surface area contributed by atoms with E-state index in [-0.39, 0.29) is 16.6 Å². The van der Waals surface area contributed by atoms with E-state index in [2.05, 4.69) is 37.7 Å². The number of hydrogen-bond acceptors (Lipinski definition) is 4. The van der Waals surface area contributed by atoms with Gasteiger partial charge in [0, 0.05) is 12.6 Å². The smallest absolute Gasteiger partial charge is 0.355 e. The van der Waals surface area contributed by atoms with Crippen LogP contribution < -0.4 is 4.90 Å². The number of anilines is 1. The molecule has 2 aromatic heterocycles. The summed E-state index contributed by atoms with van der Waals surface area (Å²) in [6.45, 7) is 4.67. The third-order valence-electron chi connectivity index (χ3n) is 5.20. The first-order valence-electron chi connectivity index (χ1n) is 9.38. The summed E-state index contributed by atoms with van der Waals surface area (Å²) in [6.07, 6.45) is -0.797. The van der Waals surface area contributed by atoms with E-state index in [1.165, 1.54) is 10.9 Å². The standard InChI is InChI=1S/C21H15ClF3N6/c1-12-8-19(20-28-15-9-13(21(23,24)25)14(22)10-16(15)29-20)30(11-12)17-4-2-3-5-18(17)31-26-6-7-27-31/h2-4,6-7,9-10,19H,1,8,11H2,(H,28,29)/t19-/m0/s1. The van der Waals surface area contributed by atoms with Gasteiger partial charge < -0.3 is 9.88 Å². The maximum absolute atomic E-state index is 13.2. The Morgan fingerprint density at radius 2 is 2.00 bits per heavy atom. The van der Waals surface area contributed by atoms with Crippen LogP contribution in [-0.4, -0.2) is 31.5 Å². The molecule has 5 rings (SSSR count). The Morgan fingerprint density at radius 3 is 2.74 bits per heavy atom. The molecule has 0 aliphatic carbocycles. The summed E-state index contributed by atoms with van der Waals surface area (Å²) >= 11 is 5.86. The molecule has 1 aliphatic rings. The Hall–Kier alpha value is -3.33. The summed E-state index contributed by atoms with van der Waals surface area (Å²) in [6, 6.07) is 10.7. The second kappa shape index (κ2) is 7.12. The van der Waals surface area contributed by atoms with Gasteiger partial charge in [-0.05, 0) is 24.6 Å². The quantitative estimate of drug-likeness (QED) is 0.446. The number of nitrogens with zero attached hydrogens (tertiary/aromatic N) is 5. The summed E-state index contributed by atoms with van der Waals surface area (Å²) in [4.78, 5) is 11.1. The number of nitrogens with one attached hydrogen (secondary N) is 1. The van der Waals surface area contributed by atoms with Crippen LogP contribution in [0.5, 0.6) is 0 Å². The highest BCUT2D eigenvalue weighted by molar-refractivity contribution is 6.32. The van der Waals surface area contributed by atoms with E-state index in [0.29, 0.717) is 30.0 Å². The first kappa shape index (κ1) is 19.6. The van der Waals surface area contributed by atoms with Crippen LogP contribution in [0.4, 0.5) is 18.9 Å². The molecule has 2 aromatic carbocycles. The van der Waals surface area contributed by atoms with E-state index < -0.39 is 11.7 Å². The molecule has 6 nitrogen and oxygen atoms in total. The minimum absolute atomic E-state index is 0.252. The second-order valence-electron chi connectivity index (χ2n) is 7.29. The molecule has 1 aliphatic heterocycles. The molecule has 0 saturated carbocycles. The monoisotopic (exact) mass is 443 g/mol. The van der Waals surface area contributed by atoms with Crippen molar-refractivity contribution in [3.8, 4) is 5.69 Å². The number of H-pyrrole nitrogens is 1. The summed E-state index contributed by atoms with van der Waals surface area (Å²) in [5.74, 6) is 0.535. The van der Waals surface area contributed by atoms with Crippen molar-refractivity contribution in [3.63, 3.8) is 0 Å². The van der Waals surface area contributed by atoms with Gasteiger partial charge >= 0.3 is 6.18 Å². The number of hydrogen-bond donors (Lipinski definition) is 1. The van der Waals surface area contributed by atoms with Gasteiger partial charge in [-0.25, -0.2) is 4.98 Å². The van der Waals surface area contributed by atoms with Gasteiger partial charge in [-0.2, -0.15) is 23.4 Å². The van der Waals surface area contributed by atoms with Gasteiger partial charge in [-0.1, -0.05) is 35.9 Å². The van der Waals surface area contributed by atoms with Crippen LogP contribution in [-0.2, 0) is 6.18 Å². The summed E-state index contributed by atoms with van der Waals surface area (Å²) < 4.78 is 39.7. The highest BCUT2D eigenvalue weighted by atomic mass is 35.5. The number of rotatable bonds is 3. The third kappa shape index (κ3) is 3.44. The highest BCUT2D eigenvalue weighted by Crippen LogP contribution is 2.41. The molecule has 157 valence electrons. The average molecular weight is 444 g/mol. The predicted octanol–water partition coefficient (Wildman–Crippen LogP) is 5.12. The number of imidazole rings is 1. The van der Waals surface area contributed by atoms with Crippen molar-refractivity contribution in [2.24, 2.45) is 0 Å². The molecule has 1 radical (unpaired) electrons. The van der Waals surface area contributed by atoms with Crippen molar-refractivity contribution in [2.75, 3.05) is 11.4 Å². The number of fused-ring (bicyclic) bond motifs is 1. The van der Waals surface area contributed by atoms with Crippen LogP contribution in [0.3, 0.4) is 0 Å². The van der Waals surface area contributed by atoms with Gasteiger partial charge in [0.15, 0.2) is 0 Å². The zero-order valence-electron chi connectivity index (χ0n) is 16.0. The lowest BCUT2D eigenvalue weighted by atomic mass is 10.1. The Bertz CT molecular complexity index is 1280. The average Bonchev–Trinajstić information content (AvgIpc) is 3.45. The molecule has 0 unspecified atom stereocenters. The van der Waals surface area contributed by atoms with Gasteiger partial charge in [0.05, 0.1) is 45.7 Å².